The predicted octanol–water partition coefficient (Wildman–Crippen LogP) is 3.16. The lowest BCUT2D eigenvalue weighted by Gasteiger charge is -2.23. The van der Waals surface area contributed by atoms with E-state index in [9.17, 15) is 12.8 Å². The van der Waals surface area contributed by atoms with Crippen LogP contribution in [0.1, 0.15) is 23.2 Å². The third-order valence-electron chi connectivity index (χ3n) is 3.23. The molecule has 0 fully saturated rings. The maximum atomic E-state index is 14.2. The number of aromatic nitrogens is 1. The van der Waals surface area contributed by atoms with Crippen LogP contribution in [-0.4, -0.2) is 26.2 Å². The monoisotopic (exact) mass is 342 g/mol. The Morgan fingerprint density at radius 1 is 1.36 bits per heavy atom. The molecular formula is C15H19FN2O2S2. The SMILES string of the molecule is CCN(Cc1csc(CS(C)(=O)=O)n1)c1cccc(C)c1F. The van der Waals surface area contributed by atoms with Crippen molar-refractivity contribution in [1.82, 2.24) is 4.98 Å². The maximum Gasteiger partial charge on any atom is 0.153 e. The number of thiazole rings is 1. The number of benzene rings is 1. The van der Waals surface area contributed by atoms with Crippen molar-refractivity contribution in [3.63, 3.8) is 0 Å². The number of anilines is 1. The van der Waals surface area contributed by atoms with Crippen LogP contribution in [0.5, 0.6) is 0 Å². The van der Waals surface area contributed by atoms with Crippen LogP contribution in [0.2, 0.25) is 0 Å². The summed E-state index contributed by atoms with van der Waals surface area (Å²) in [6, 6.07) is 5.31. The summed E-state index contributed by atoms with van der Waals surface area (Å²) >= 11 is 1.32. The molecule has 1 aromatic heterocycles. The Hall–Kier alpha value is -1.47. The number of hydrogen-bond acceptors (Lipinski definition) is 5. The van der Waals surface area contributed by atoms with Gasteiger partial charge in [0, 0.05) is 18.2 Å². The fourth-order valence-electron chi connectivity index (χ4n) is 2.15. The van der Waals surface area contributed by atoms with Crippen LogP contribution in [0.3, 0.4) is 0 Å². The largest absolute Gasteiger partial charge is 0.364 e. The highest BCUT2D eigenvalue weighted by Gasteiger charge is 2.15. The third-order valence-corrected chi connectivity index (χ3v) is 5.11. The number of nitrogens with zero attached hydrogens (tertiary/aromatic N) is 2. The van der Waals surface area contributed by atoms with E-state index < -0.39 is 9.84 Å². The van der Waals surface area contributed by atoms with E-state index in [1.165, 1.54) is 17.6 Å². The van der Waals surface area contributed by atoms with E-state index in [2.05, 4.69) is 4.98 Å². The van der Waals surface area contributed by atoms with Crippen molar-refractivity contribution >= 4 is 26.9 Å². The normalized spacial score (nSPS) is 11.6. The number of aryl methyl sites for hydroxylation is 1. The fraction of sp³-hybridized carbons (Fsp3) is 0.400. The Morgan fingerprint density at radius 2 is 2.09 bits per heavy atom. The summed E-state index contributed by atoms with van der Waals surface area (Å²) in [5, 5.41) is 2.40. The van der Waals surface area contributed by atoms with Gasteiger partial charge in [-0.15, -0.1) is 11.3 Å². The molecule has 2 rings (SSSR count). The van der Waals surface area contributed by atoms with Crippen LogP contribution in [-0.2, 0) is 22.1 Å². The zero-order valence-corrected chi connectivity index (χ0v) is 14.5. The first-order valence-corrected chi connectivity index (χ1v) is 9.85. The van der Waals surface area contributed by atoms with Crippen molar-refractivity contribution in [3.05, 3.63) is 45.7 Å². The van der Waals surface area contributed by atoms with Gasteiger partial charge in [0.05, 0.1) is 17.9 Å². The highest BCUT2D eigenvalue weighted by molar-refractivity contribution is 7.90. The minimum atomic E-state index is -3.09. The van der Waals surface area contributed by atoms with Crippen molar-refractivity contribution in [2.45, 2.75) is 26.1 Å². The molecule has 0 bridgehead atoms. The van der Waals surface area contributed by atoms with E-state index in [-0.39, 0.29) is 11.6 Å². The number of rotatable bonds is 6. The van der Waals surface area contributed by atoms with Gasteiger partial charge in [-0.2, -0.15) is 0 Å². The van der Waals surface area contributed by atoms with Crippen molar-refractivity contribution in [2.75, 3.05) is 17.7 Å². The van der Waals surface area contributed by atoms with Crippen molar-refractivity contribution in [1.29, 1.82) is 0 Å². The first-order chi connectivity index (χ1) is 10.3. The highest BCUT2D eigenvalue weighted by atomic mass is 32.2. The molecule has 0 saturated heterocycles. The predicted molar refractivity (Wildman–Crippen MR) is 88.5 cm³/mol. The van der Waals surface area contributed by atoms with Crippen LogP contribution in [0.15, 0.2) is 23.6 Å². The molecule has 0 aliphatic rings. The summed E-state index contributed by atoms with van der Waals surface area (Å²) in [5.41, 5.74) is 1.90. The standard InChI is InChI=1S/C15H19FN2O2S2/c1-4-18(13-7-5-6-11(2)15(13)16)8-12-9-21-14(17-12)10-22(3,19)20/h5-7,9H,4,8,10H2,1-3H3. The summed E-state index contributed by atoms with van der Waals surface area (Å²) in [6.45, 7) is 4.78. The molecule has 1 aromatic carbocycles. The molecule has 0 spiro atoms. The second-order valence-electron chi connectivity index (χ2n) is 5.22. The number of sulfone groups is 1. The van der Waals surface area contributed by atoms with Crippen LogP contribution in [0, 0.1) is 12.7 Å². The van der Waals surface area contributed by atoms with E-state index >= 15 is 0 Å². The summed E-state index contributed by atoms with van der Waals surface area (Å²) in [5.74, 6) is -0.279. The number of hydrogen-bond donors (Lipinski definition) is 0. The minimum absolute atomic E-state index is 0.0530. The smallest absolute Gasteiger partial charge is 0.153 e. The molecule has 22 heavy (non-hydrogen) atoms. The van der Waals surface area contributed by atoms with Crippen molar-refractivity contribution in [3.8, 4) is 0 Å². The Labute approximate surface area is 134 Å². The lowest BCUT2D eigenvalue weighted by molar-refractivity contribution is 0.601. The molecule has 0 radical (unpaired) electrons. The average Bonchev–Trinajstić information content (AvgIpc) is 2.84. The zero-order valence-electron chi connectivity index (χ0n) is 12.8. The lowest BCUT2D eigenvalue weighted by Crippen LogP contribution is -2.23. The molecular weight excluding hydrogens is 323 g/mol. The molecule has 0 aliphatic heterocycles. The van der Waals surface area contributed by atoms with Gasteiger partial charge in [-0.3, -0.25) is 0 Å². The van der Waals surface area contributed by atoms with Crippen molar-refractivity contribution in [2.24, 2.45) is 0 Å². The second kappa shape index (κ2) is 6.75. The van der Waals surface area contributed by atoms with Gasteiger partial charge >= 0.3 is 0 Å². The summed E-state index contributed by atoms with van der Waals surface area (Å²) < 4.78 is 36.8. The summed E-state index contributed by atoms with van der Waals surface area (Å²) in [6.07, 6.45) is 1.19. The van der Waals surface area contributed by atoms with Crippen LogP contribution < -0.4 is 4.90 Å². The van der Waals surface area contributed by atoms with Crippen molar-refractivity contribution < 1.29 is 12.8 Å². The van der Waals surface area contributed by atoms with Crippen LogP contribution in [0.4, 0.5) is 10.1 Å². The van der Waals surface area contributed by atoms with Gasteiger partial charge in [-0.25, -0.2) is 17.8 Å². The van der Waals surface area contributed by atoms with Gasteiger partial charge in [-0.05, 0) is 25.5 Å². The van der Waals surface area contributed by atoms with Crippen LogP contribution >= 0.6 is 11.3 Å². The highest BCUT2D eigenvalue weighted by Crippen LogP contribution is 2.24. The third kappa shape index (κ3) is 4.27. The average molecular weight is 342 g/mol. The lowest BCUT2D eigenvalue weighted by atomic mass is 10.2. The Balaban J connectivity index is 2.19. The fourth-order valence-corrected chi connectivity index (χ4v) is 4.15. The Bertz CT molecular complexity index is 757. The summed E-state index contributed by atoms with van der Waals surface area (Å²) in [4.78, 5) is 6.23. The quantitative estimate of drug-likeness (QED) is 0.809. The van der Waals surface area contributed by atoms with E-state index in [4.69, 9.17) is 0 Å². The molecule has 1 heterocycles. The van der Waals surface area contributed by atoms with Gasteiger partial charge < -0.3 is 4.90 Å². The molecule has 2 aromatic rings. The Morgan fingerprint density at radius 3 is 2.73 bits per heavy atom. The first-order valence-electron chi connectivity index (χ1n) is 6.91. The van der Waals surface area contributed by atoms with Crippen LogP contribution in [0.25, 0.3) is 0 Å². The van der Waals surface area contributed by atoms with Gasteiger partial charge in [-0.1, -0.05) is 12.1 Å². The number of halogens is 1. The maximum absolute atomic E-state index is 14.2. The molecule has 4 nitrogen and oxygen atoms in total. The van der Waals surface area contributed by atoms with E-state index in [1.54, 1.807) is 19.1 Å². The zero-order chi connectivity index (χ0) is 16.3. The van der Waals surface area contributed by atoms with E-state index in [0.29, 0.717) is 29.3 Å². The molecule has 0 atom stereocenters. The molecule has 0 amide bonds. The molecule has 0 N–H and O–H groups in total. The van der Waals surface area contributed by atoms with E-state index in [0.717, 1.165) is 5.69 Å². The van der Waals surface area contributed by atoms with Gasteiger partial charge in [0.2, 0.25) is 0 Å². The van der Waals surface area contributed by atoms with Gasteiger partial charge in [0.15, 0.2) is 9.84 Å². The minimum Gasteiger partial charge on any atom is -0.364 e. The second-order valence-corrected chi connectivity index (χ2v) is 8.31. The topological polar surface area (TPSA) is 50.3 Å². The van der Waals surface area contributed by atoms with Gasteiger partial charge in [0.25, 0.3) is 0 Å². The first kappa shape index (κ1) is 16.9. The Kier molecular flexibility index (Phi) is 5.18. The van der Waals surface area contributed by atoms with E-state index in [1.807, 2.05) is 23.3 Å². The molecule has 0 saturated carbocycles. The molecule has 0 aliphatic carbocycles. The van der Waals surface area contributed by atoms with Gasteiger partial charge in [0.1, 0.15) is 16.6 Å². The molecule has 120 valence electrons. The summed E-state index contributed by atoms with van der Waals surface area (Å²) in [7, 11) is -3.09. The molecule has 7 heteroatoms. The molecule has 0 unspecified atom stereocenters.